The number of hydrogen-bond acceptors (Lipinski definition) is 4. The lowest BCUT2D eigenvalue weighted by Gasteiger charge is -2.27. The molecule has 0 aliphatic carbocycles. The van der Waals surface area contributed by atoms with Gasteiger partial charge in [0.05, 0.1) is 0 Å². The van der Waals surface area contributed by atoms with Crippen molar-refractivity contribution in [2.75, 3.05) is 27.8 Å². The number of anilines is 3. The molecule has 0 spiro atoms. The van der Waals surface area contributed by atoms with Gasteiger partial charge in [-0.15, -0.1) is 11.8 Å². The molecule has 3 heterocycles. The third kappa shape index (κ3) is 3.02. The molecule has 5 rings (SSSR count). The van der Waals surface area contributed by atoms with Crippen LogP contribution >= 0.6 is 11.8 Å². The van der Waals surface area contributed by atoms with E-state index in [1.54, 1.807) is 25.6 Å². The number of fused-ring (bicyclic) bond motifs is 2. The second-order valence-electron chi connectivity index (χ2n) is 7.72. The third-order valence-electron chi connectivity index (χ3n) is 5.98. The van der Waals surface area contributed by atoms with Gasteiger partial charge in [-0.25, -0.2) is 0 Å². The summed E-state index contributed by atoms with van der Waals surface area (Å²) in [6.07, 6.45) is 3.94. The van der Waals surface area contributed by atoms with Gasteiger partial charge in [0.1, 0.15) is 5.37 Å². The average molecular weight is 406 g/mol. The molecule has 0 N–H and O–H groups in total. The molecule has 1 unspecified atom stereocenters. The molecule has 29 heavy (non-hydrogen) atoms. The summed E-state index contributed by atoms with van der Waals surface area (Å²) < 4.78 is 0. The highest BCUT2D eigenvalue weighted by molar-refractivity contribution is 8.02. The van der Waals surface area contributed by atoms with Crippen molar-refractivity contribution in [3.8, 4) is 0 Å². The van der Waals surface area contributed by atoms with Crippen molar-refractivity contribution in [3.05, 3.63) is 64.7 Å². The van der Waals surface area contributed by atoms with E-state index in [0.717, 1.165) is 43.0 Å². The maximum atomic E-state index is 11.8. The maximum absolute atomic E-state index is 11.8. The van der Waals surface area contributed by atoms with Gasteiger partial charge in [-0.1, -0.05) is 12.1 Å². The fourth-order valence-corrected chi connectivity index (χ4v) is 5.53. The lowest BCUT2D eigenvalue weighted by molar-refractivity contribution is -0.117. The molecular formula is C23H23N3O2S. The van der Waals surface area contributed by atoms with Crippen LogP contribution in [0.25, 0.3) is 0 Å². The molecule has 3 aliphatic heterocycles. The van der Waals surface area contributed by atoms with Crippen molar-refractivity contribution in [1.29, 1.82) is 0 Å². The first-order valence-electron chi connectivity index (χ1n) is 9.95. The van der Waals surface area contributed by atoms with Crippen molar-refractivity contribution in [2.24, 2.45) is 0 Å². The van der Waals surface area contributed by atoms with Gasteiger partial charge in [0.2, 0.25) is 11.8 Å². The van der Waals surface area contributed by atoms with Gasteiger partial charge in [0, 0.05) is 50.2 Å². The molecule has 0 radical (unpaired) electrons. The van der Waals surface area contributed by atoms with Crippen molar-refractivity contribution in [1.82, 2.24) is 0 Å². The molecule has 148 valence electrons. The second kappa shape index (κ2) is 6.95. The fourth-order valence-electron chi connectivity index (χ4n) is 4.56. The molecule has 2 aromatic carbocycles. The summed E-state index contributed by atoms with van der Waals surface area (Å²) in [6, 6.07) is 12.9. The van der Waals surface area contributed by atoms with Gasteiger partial charge >= 0.3 is 0 Å². The van der Waals surface area contributed by atoms with E-state index < -0.39 is 0 Å². The number of thioether (sulfide) groups is 1. The van der Waals surface area contributed by atoms with E-state index in [-0.39, 0.29) is 17.2 Å². The summed E-state index contributed by atoms with van der Waals surface area (Å²) in [7, 11) is 0. The largest absolute Gasteiger partial charge is 0.331 e. The number of nitrogens with zero attached hydrogens (tertiary/aromatic N) is 3. The zero-order chi connectivity index (χ0) is 20.1. The average Bonchev–Trinajstić information content (AvgIpc) is 3.43. The van der Waals surface area contributed by atoms with E-state index >= 15 is 0 Å². The number of carbonyl (C=O) groups excluding carboxylic acids is 2. The Labute approximate surface area is 175 Å². The predicted molar refractivity (Wildman–Crippen MR) is 118 cm³/mol. The summed E-state index contributed by atoms with van der Waals surface area (Å²) in [4.78, 5) is 29.7. The number of amides is 2. The van der Waals surface area contributed by atoms with E-state index in [9.17, 15) is 9.59 Å². The van der Waals surface area contributed by atoms with E-state index in [2.05, 4.69) is 52.9 Å². The zero-order valence-electron chi connectivity index (χ0n) is 16.6. The Bertz CT molecular complexity index is 1050. The molecular weight excluding hydrogens is 382 g/mol. The van der Waals surface area contributed by atoms with Crippen LogP contribution in [0, 0.1) is 0 Å². The first-order valence-corrected chi connectivity index (χ1v) is 10.9. The smallest absolute Gasteiger partial charge is 0.223 e. The molecule has 5 nitrogen and oxygen atoms in total. The van der Waals surface area contributed by atoms with E-state index in [1.807, 2.05) is 9.80 Å². The Morgan fingerprint density at radius 3 is 2.17 bits per heavy atom. The second-order valence-corrected chi connectivity index (χ2v) is 8.71. The Morgan fingerprint density at radius 1 is 0.897 bits per heavy atom. The summed E-state index contributed by atoms with van der Waals surface area (Å²) in [5, 5.41) is 2.31. The number of hydrogen-bond donors (Lipinski definition) is 0. The van der Waals surface area contributed by atoms with Gasteiger partial charge in [0.25, 0.3) is 0 Å². The van der Waals surface area contributed by atoms with Gasteiger partial charge in [0.15, 0.2) is 0 Å². The molecule has 2 amide bonds. The van der Waals surface area contributed by atoms with Crippen LogP contribution in [0.15, 0.2) is 48.0 Å². The van der Waals surface area contributed by atoms with Crippen molar-refractivity contribution >= 4 is 40.6 Å². The standard InChI is InChI=1S/C23H23N3O2S/c1-15(27)24-9-7-17-13-19(3-5-21(17)24)23-26(11-12-29-23)20-4-6-22-18(14-20)8-10-25(22)16(2)28/h3-6,11-14,23H,7-10H2,1-2H3. The maximum Gasteiger partial charge on any atom is 0.223 e. The quantitative estimate of drug-likeness (QED) is 0.750. The zero-order valence-corrected chi connectivity index (χ0v) is 17.4. The van der Waals surface area contributed by atoms with Crippen LogP contribution in [0.5, 0.6) is 0 Å². The minimum absolute atomic E-state index is 0.101. The highest BCUT2D eigenvalue weighted by Gasteiger charge is 2.29. The molecule has 0 fully saturated rings. The summed E-state index contributed by atoms with van der Waals surface area (Å²) >= 11 is 1.79. The van der Waals surface area contributed by atoms with Crippen LogP contribution in [0.1, 0.15) is 35.9 Å². The minimum atomic E-state index is 0.101. The summed E-state index contributed by atoms with van der Waals surface area (Å²) in [6.45, 7) is 4.79. The third-order valence-corrected chi connectivity index (χ3v) is 7.02. The Hall–Kier alpha value is -2.73. The van der Waals surface area contributed by atoms with Crippen LogP contribution in [0.3, 0.4) is 0 Å². The van der Waals surface area contributed by atoms with Crippen LogP contribution in [-0.4, -0.2) is 24.9 Å². The molecule has 6 heteroatoms. The predicted octanol–water partition coefficient (Wildman–Crippen LogP) is 4.23. The first-order chi connectivity index (χ1) is 14.0. The van der Waals surface area contributed by atoms with Crippen molar-refractivity contribution in [2.45, 2.75) is 32.1 Å². The van der Waals surface area contributed by atoms with Crippen LogP contribution in [0.2, 0.25) is 0 Å². The molecule has 0 saturated heterocycles. The Kier molecular flexibility index (Phi) is 4.39. The van der Waals surface area contributed by atoms with E-state index in [0.29, 0.717) is 0 Å². The van der Waals surface area contributed by atoms with Gasteiger partial charge in [-0.05, 0) is 59.2 Å². The van der Waals surface area contributed by atoms with Crippen LogP contribution in [0.4, 0.5) is 17.1 Å². The van der Waals surface area contributed by atoms with Gasteiger partial charge < -0.3 is 14.7 Å². The van der Waals surface area contributed by atoms with Gasteiger partial charge in [-0.3, -0.25) is 9.59 Å². The molecule has 0 aromatic heterocycles. The van der Waals surface area contributed by atoms with Crippen molar-refractivity contribution < 1.29 is 9.59 Å². The van der Waals surface area contributed by atoms with Crippen molar-refractivity contribution in [3.63, 3.8) is 0 Å². The molecule has 1 atom stereocenters. The Balaban J connectivity index is 1.44. The van der Waals surface area contributed by atoms with Crippen LogP contribution in [-0.2, 0) is 22.4 Å². The SMILES string of the molecule is CC(=O)N1CCc2cc(C3SC=CN3c3ccc4c(c3)CCN4C(C)=O)ccc21. The van der Waals surface area contributed by atoms with E-state index in [1.165, 1.54) is 16.7 Å². The number of carbonyl (C=O) groups is 2. The molecule has 2 aromatic rings. The number of rotatable bonds is 2. The van der Waals surface area contributed by atoms with Crippen LogP contribution < -0.4 is 14.7 Å². The highest BCUT2D eigenvalue weighted by atomic mass is 32.2. The lowest BCUT2D eigenvalue weighted by atomic mass is 10.1. The lowest BCUT2D eigenvalue weighted by Crippen LogP contribution is -2.25. The van der Waals surface area contributed by atoms with Gasteiger partial charge in [-0.2, -0.15) is 0 Å². The minimum Gasteiger partial charge on any atom is -0.331 e. The Morgan fingerprint density at radius 2 is 1.52 bits per heavy atom. The van der Waals surface area contributed by atoms with E-state index in [4.69, 9.17) is 0 Å². The molecule has 0 saturated carbocycles. The topological polar surface area (TPSA) is 43.9 Å². The number of benzene rings is 2. The first kappa shape index (κ1) is 18.3. The summed E-state index contributed by atoms with van der Waals surface area (Å²) in [5.41, 5.74) is 6.95. The summed E-state index contributed by atoms with van der Waals surface area (Å²) in [5.74, 6) is 0.205. The molecule has 3 aliphatic rings. The molecule has 0 bridgehead atoms. The highest BCUT2D eigenvalue weighted by Crippen LogP contribution is 2.44. The normalized spacial score (nSPS) is 19.7. The monoisotopic (exact) mass is 405 g/mol. The fraction of sp³-hybridized carbons (Fsp3) is 0.304.